The number of aromatic hydroxyl groups is 1. The third-order valence-corrected chi connectivity index (χ3v) is 3.10. The lowest BCUT2D eigenvalue weighted by molar-refractivity contribution is 0.405. The van der Waals surface area contributed by atoms with Crippen LogP contribution in [0.15, 0.2) is 59.3 Å². The number of aromatic nitrogens is 1. The van der Waals surface area contributed by atoms with Crippen LogP contribution in [0.3, 0.4) is 0 Å². The van der Waals surface area contributed by atoms with Gasteiger partial charge in [0.15, 0.2) is 5.76 Å². The summed E-state index contributed by atoms with van der Waals surface area (Å²) in [6.07, 6.45) is 1.65. The molecule has 20 heavy (non-hydrogen) atoms. The van der Waals surface area contributed by atoms with Crippen LogP contribution < -0.4 is 4.74 Å². The lowest BCUT2D eigenvalue weighted by Crippen LogP contribution is -1.85. The fourth-order valence-corrected chi connectivity index (χ4v) is 2.09. The number of methoxy groups -OCH3 is 1. The Labute approximate surface area is 116 Å². The third kappa shape index (κ3) is 2.12. The van der Waals surface area contributed by atoms with Crippen LogP contribution in [0.4, 0.5) is 0 Å². The zero-order valence-electron chi connectivity index (χ0n) is 10.9. The maximum atomic E-state index is 10.1. The summed E-state index contributed by atoms with van der Waals surface area (Å²) >= 11 is 0. The van der Waals surface area contributed by atoms with Crippen molar-refractivity contribution < 1.29 is 14.4 Å². The molecule has 4 nitrogen and oxygen atoms in total. The van der Waals surface area contributed by atoms with E-state index in [9.17, 15) is 5.11 Å². The molecule has 0 saturated carbocycles. The van der Waals surface area contributed by atoms with Gasteiger partial charge in [-0.1, -0.05) is 35.5 Å². The molecule has 0 amide bonds. The molecule has 0 spiro atoms. The monoisotopic (exact) mass is 267 g/mol. The van der Waals surface area contributed by atoms with Gasteiger partial charge >= 0.3 is 0 Å². The zero-order chi connectivity index (χ0) is 13.9. The number of nitrogens with zero attached hydrogens (tertiary/aromatic N) is 1. The van der Waals surface area contributed by atoms with Crippen LogP contribution in [0.2, 0.25) is 0 Å². The van der Waals surface area contributed by atoms with E-state index in [4.69, 9.17) is 9.26 Å². The fourth-order valence-electron chi connectivity index (χ4n) is 2.09. The van der Waals surface area contributed by atoms with Crippen molar-refractivity contribution in [2.75, 3.05) is 7.11 Å². The van der Waals surface area contributed by atoms with Crippen LogP contribution in [0.1, 0.15) is 0 Å². The second-order valence-corrected chi connectivity index (χ2v) is 4.32. The van der Waals surface area contributed by atoms with Crippen LogP contribution in [0, 0.1) is 0 Å². The molecule has 0 unspecified atom stereocenters. The highest BCUT2D eigenvalue weighted by atomic mass is 16.5. The third-order valence-electron chi connectivity index (χ3n) is 3.10. The maximum absolute atomic E-state index is 10.1. The minimum absolute atomic E-state index is 0.0956. The molecule has 0 aliphatic rings. The maximum Gasteiger partial charge on any atom is 0.178 e. The van der Waals surface area contributed by atoms with E-state index in [1.54, 1.807) is 31.5 Å². The van der Waals surface area contributed by atoms with E-state index in [0.717, 1.165) is 11.1 Å². The summed E-state index contributed by atoms with van der Waals surface area (Å²) < 4.78 is 10.4. The molecule has 100 valence electrons. The van der Waals surface area contributed by atoms with E-state index in [1.807, 2.05) is 30.3 Å². The van der Waals surface area contributed by atoms with Crippen LogP contribution in [-0.2, 0) is 0 Å². The van der Waals surface area contributed by atoms with Gasteiger partial charge < -0.3 is 14.4 Å². The molecule has 0 saturated heterocycles. The van der Waals surface area contributed by atoms with Crippen molar-refractivity contribution in [3.63, 3.8) is 0 Å². The molecule has 2 aromatic carbocycles. The SMILES string of the molecule is COc1ccc(-c2oncc2-c2ccccc2)c(O)c1. The molecule has 4 heteroatoms. The van der Waals surface area contributed by atoms with Crippen molar-refractivity contribution >= 4 is 0 Å². The number of hydrogen-bond acceptors (Lipinski definition) is 4. The van der Waals surface area contributed by atoms with Gasteiger partial charge in [-0.25, -0.2) is 0 Å². The van der Waals surface area contributed by atoms with Gasteiger partial charge in [0.05, 0.1) is 18.9 Å². The Morgan fingerprint density at radius 3 is 2.55 bits per heavy atom. The lowest BCUT2D eigenvalue weighted by atomic mass is 10.0. The molecule has 0 aliphatic heterocycles. The van der Waals surface area contributed by atoms with E-state index in [-0.39, 0.29) is 5.75 Å². The molecule has 1 aromatic heterocycles. The normalized spacial score (nSPS) is 10.4. The minimum Gasteiger partial charge on any atom is -0.507 e. The van der Waals surface area contributed by atoms with E-state index in [2.05, 4.69) is 5.16 Å². The first kappa shape index (κ1) is 12.3. The Hall–Kier alpha value is -2.75. The first-order chi connectivity index (χ1) is 9.79. The molecule has 1 heterocycles. The molecule has 0 atom stereocenters. The molecule has 3 aromatic rings. The van der Waals surface area contributed by atoms with Crippen LogP contribution in [0.5, 0.6) is 11.5 Å². The average molecular weight is 267 g/mol. The molecular formula is C16H13NO3. The molecule has 0 aliphatic carbocycles. The first-order valence-electron chi connectivity index (χ1n) is 6.17. The number of phenolic OH excluding ortho intramolecular Hbond substituents is 1. The highest BCUT2D eigenvalue weighted by Crippen LogP contribution is 2.38. The van der Waals surface area contributed by atoms with Crippen molar-refractivity contribution in [3.05, 3.63) is 54.7 Å². The Kier molecular flexibility index (Phi) is 3.13. The summed E-state index contributed by atoms with van der Waals surface area (Å²) in [5.74, 6) is 1.22. The quantitative estimate of drug-likeness (QED) is 0.785. The Morgan fingerprint density at radius 1 is 1.05 bits per heavy atom. The largest absolute Gasteiger partial charge is 0.507 e. The minimum atomic E-state index is 0.0956. The summed E-state index contributed by atoms with van der Waals surface area (Å²) in [6, 6.07) is 14.8. The second kappa shape index (κ2) is 5.09. The summed E-state index contributed by atoms with van der Waals surface area (Å²) in [5, 5.41) is 13.9. The van der Waals surface area contributed by atoms with Gasteiger partial charge in [0, 0.05) is 11.6 Å². The molecule has 1 N–H and O–H groups in total. The average Bonchev–Trinajstić information content (AvgIpc) is 2.97. The smallest absolute Gasteiger partial charge is 0.178 e. The Bertz CT molecular complexity index is 720. The highest BCUT2D eigenvalue weighted by Gasteiger charge is 2.16. The van der Waals surface area contributed by atoms with Crippen molar-refractivity contribution in [2.24, 2.45) is 0 Å². The van der Waals surface area contributed by atoms with Crippen molar-refractivity contribution in [2.45, 2.75) is 0 Å². The van der Waals surface area contributed by atoms with Gasteiger partial charge in [-0.05, 0) is 17.7 Å². The summed E-state index contributed by atoms with van der Waals surface area (Å²) in [6.45, 7) is 0. The number of rotatable bonds is 3. The lowest BCUT2D eigenvalue weighted by Gasteiger charge is -2.06. The highest BCUT2D eigenvalue weighted by molar-refractivity contribution is 5.81. The van der Waals surface area contributed by atoms with Crippen molar-refractivity contribution in [1.29, 1.82) is 0 Å². The second-order valence-electron chi connectivity index (χ2n) is 4.32. The summed E-state index contributed by atoms with van der Waals surface area (Å²) in [5.41, 5.74) is 2.41. The number of ether oxygens (including phenoxy) is 1. The number of phenols is 1. The van der Waals surface area contributed by atoms with Gasteiger partial charge in [0.1, 0.15) is 11.5 Å². The van der Waals surface area contributed by atoms with Gasteiger partial charge in [0.25, 0.3) is 0 Å². The van der Waals surface area contributed by atoms with E-state index < -0.39 is 0 Å². The molecule has 0 fully saturated rings. The van der Waals surface area contributed by atoms with E-state index in [0.29, 0.717) is 17.1 Å². The van der Waals surface area contributed by atoms with Gasteiger partial charge in [-0.2, -0.15) is 0 Å². The fraction of sp³-hybridized carbons (Fsp3) is 0.0625. The standard InChI is InChI=1S/C16H13NO3/c1-19-12-7-8-13(15(18)9-12)16-14(10-17-20-16)11-5-3-2-4-6-11/h2-10,18H,1H3. The Balaban J connectivity index is 2.11. The van der Waals surface area contributed by atoms with E-state index in [1.165, 1.54) is 0 Å². The molecular weight excluding hydrogens is 254 g/mol. The van der Waals surface area contributed by atoms with Gasteiger partial charge in [-0.3, -0.25) is 0 Å². The predicted octanol–water partition coefficient (Wildman–Crippen LogP) is 3.72. The van der Waals surface area contributed by atoms with Gasteiger partial charge in [0.2, 0.25) is 0 Å². The first-order valence-corrected chi connectivity index (χ1v) is 6.17. The predicted molar refractivity (Wildman–Crippen MR) is 75.6 cm³/mol. The van der Waals surface area contributed by atoms with Crippen molar-refractivity contribution in [1.82, 2.24) is 5.16 Å². The summed E-state index contributed by atoms with van der Waals surface area (Å²) in [4.78, 5) is 0. The molecule has 0 bridgehead atoms. The molecule has 0 radical (unpaired) electrons. The van der Waals surface area contributed by atoms with Crippen LogP contribution in [0.25, 0.3) is 22.5 Å². The van der Waals surface area contributed by atoms with Crippen LogP contribution >= 0.6 is 0 Å². The zero-order valence-corrected chi connectivity index (χ0v) is 10.9. The number of benzene rings is 2. The van der Waals surface area contributed by atoms with Gasteiger partial charge in [-0.15, -0.1) is 0 Å². The van der Waals surface area contributed by atoms with Crippen molar-refractivity contribution in [3.8, 4) is 33.9 Å². The van der Waals surface area contributed by atoms with E-state index >= 15 is 0 Å². The Morgan fingerprint density at radius 2 is 1.85 bits per heavy atom. The van der Waals surface area contributed by atoms with Crippen LogP contribution in [-0.4, -0.2) is 17.4 Å². The summed E-state index contributed by atoms with van der Waals surface area (Å²) in [7, 11) is 1.55. The topological polar surface area (TPSA) is 55.5 Å². The number of hydrogen-bond donors (Lipinski definition) is 1. The molecule has 3 rings (SSSR count).